The summed E-state index contributed by atoms with van der Waals surface area (Å²) in [7, 11) is 0. The molecule has 1 heterocycles. The summed E-state index contributed by atoms with van der Waals surface area (Å²) in [6, 6.07) is 8.50. The van der Waals surface area contributed by atoms with Gasteiger partial charge in [0.1, 0.15) is 0 Å². The summed E-state index contributed by atoms with van der Waals surface area (Å²) in [6.45, 7) is 7.10. The van der Waals surface area contributed by atoms with Gasteiger partial charge in [-0.1, -0.05) is 18.2 Å². The van der Waals surface area contributed by atoms with Gasteiger partial charge < -0.3 is 15.4 Å². The standard InChI is InChI=1S/C15H24N2O/c1-3-17(11-13-7-6-10-18-13)15-9-5-4-8-14(15)12(2)16/h4-5,8-9,12-13H,3,6-7,10-11,16H2,1-2H3. The highest BCUT2D eigenvalue weighted by atomic mass is 16.5. The van der Waals surface area contributed by atoms with Crippen LogP contribution in [-0.4, -0.2) is 25.8 Å². The number of ether oxygens (including phenoxy) is 1. The van der Waals surface area contributed by atoms with Crippen LogP contribution in [0, 0.1) is 0 Å². The van der Waals surface area contributed by atoms with Gasteiger partial charge in [0.2, 0.25) is 0 Å². The van der Waals surface area contributed by atoms with E-state index in [9.17, 15) is 0 Å². The van der Waals surface area contributed by atoms with E-state index >= 15 is 0 Å². The maximum Gasteiger partial charge on any atom is 0.0750 e. The van der Waals surface area contributed by atoms with Crippen LogP contribution in [0.5, 0.6) is 0 Å². The Labute approximate surface area is 110 Å². The molecule has 0 bridgehead atoms. The van der Waals surface area contributed by atoms with Gasteiger partial charge in [-0.25, -0.2) is 0 Å². The highest BCUT2D eigenvalue weighted by Crippen LogP contribution is 2.26. The Morgan fingerprint density at radius 1 is 1.44 bits per heavy atom. The second-order valence-electron chi connectivity index (χ2n) is 5.02. The Bertz CT molecular complexity index is 373. The molecule has 0 amide bonds. The van der Waals surface area contributed by atoms with Gasteiger partial charge in [0.05, 0.1) is 6.10 Å². The molecule has 3 heteroatoms. The zero-order valence-corrected chi connectivity index (χ0v) is 11.4. The van der Waals surface area contributed by atoms with Crippen LogP contribution < -0.4 is 10.6 Å². The molecule has 100 valence electrons. The Morgan fingerprint density at radius 2 is 2.22 bits per heavy atom. The zero-order valence-electron chi connectivity index (χ0n) is 11.4. The second-order valence-corrected chi connectivity index (χ2v) is 5.02. The highest BCUT2D eigenvalue weighted by molar-refractivity contribution is 5.54. The fraction of sp³-hybridized carbons (Fsp3) is 0.600. The number of nitrogens with two attached hydrogens (primary N) is 1. The molecular weight excluding hydrogens is 224 g/mol. The molecule has 0 radical (unpaired) electrons. The van der Waals surface area contributed by atoms with Crippen LogP contribution in [0.2, 0.25) is 0 Å². The van der Waals surface area contributed by atoms with Crippen molar-refractivity contribution in [3.63, 3.8) is 0 Å². The SMILES string of the molecule is CCN(CC1CCCO1)c1ccccc1C(C)N. The minimum Gasteiger partial charge on any atom is -0.376 e. The molecule has 2 atom stereocenters. The quantitative estimate of drug-likeness (QED) is 0.870. The number of hydrogen-bond donors (Lipinski definition) is 1. The molecule has 1 fully saturated rings. The van der Waals surface area contributed by atoms with Crippen molar-refractivity contribution in [3.05, 3.63) is 29.8 Å². The lowest BCUT2D eigenvalue weighted by Crippen LogP contribution is -2.33. The normalized spacial score (nSPS) is 20.9. The molecule has 2 N–H and O–H groups in total. The van der Waals surface area contributed by atoms with Gasteiger partial charge in [0.25, 0.3) is 0 Å². The molecule has 2 unspecified atom stereocenters. The van der Waals surface area contributed by atoms with Crippen molar-refractivity contribution in [3.8, 4) is 0 Å². The first-order chi connectivity index (χ1) is 8.72. The zero-order chi connectivity index (χ0) is 13.0. The van der Waals surface area contributed by atoms with E-state index in [1.54, 1.807) is 0 Å². The summed E-state index contributed by atoms with van der Waals surface area (Å²) in [4.78, 5) is 2.38. The molecule has 1 aromatic rings. The van der Waals surface area contributed by atoms with Crippen LogP contribution in [0.25, 0.3) is 0 Å². The summed E-state index contributed by atoms with van der Waals surface area (Å²) in [5.74, 6) is 0. The molecule has 1 aromatic carbocycles. The summed E-state index contributed by atoms with van der Waals surface area (Å²) >= 11 is 0. The monoisotopic (exact) mass is 248 g/mol. The first-order valence-corrected chi connectivity index (χ1v) is 6.93. The molecule has 3 nitrogen and oxygen atoms in total. The third kappa shape index (κ3) is 3.03. The molecule has 1 aliphatic rings. The summed E-state index contributed by atoms with van der Waals surface area (Å²) < 4.78 is 5.73. The van der Waals surface area contributed by atoms with E-state index in [1.807, 2.05) is 6.92 Å². The molecule has 1 aliphatic heterocycles. The number of para-hydroxylation sites is 1. The predicted octanol–water partition coefficient (Wildman–Crippen LogP) is 2.71. The first kappa shape index (κ1) is 13.4. The van der Waals surface area contributed by atoms with E-state index in [1.165, 1.54) is 24.1 Å². The van der Waals surface area contributed by atoms with E-state index in [0.29, 0.717) is 6.10 Å². The van der Waals surface area contributed by atoms with Crippen molar-refractivity contribution in [1.29, 1.82) is 0 Å². The molecule has 0 aliphatic carbocycles. The molecule has 18 heavy (non-hydrogen) atoms. The van der Waals surface area contributed by atoms with Gasteiger partial charge in [0, 0.05) is 31.4 Å². The topological polar surface area (TPSA) is 38.5 Å². The Morgan fingerprint density at radius 3 is 2.83 bits per heavy atom. The molecule has 2 rings (SSSR count). The van der Waals surface area contributed by atoms with Crippen LogP contribution in [0.1, 0.15) is 38.3 Å². The number of anilines is 1. The second kappa shape index (κ2) is 6.21. The summed E-state index contributed by atoms with van der Waals surface area (Å²) in [6.07, 6.45) is 2.75. The Balaban J connectivity index is 2.15. The summed E-state index contributed by atoms with van der Waals surface area (Å²) in [5, 5.41) is 0. The number of nitrogens with zero attached hydrogens (tertiary/aromatic N) is 1. The van der Waals surface area contributed by atoms with Crippen molar-refractivity contribution in [2.24, 2.45) is 5.73 Å². The van der Waals surface area contributed by atoms with Gasteiger partial charge in [-0.05, 0) is 38.3 Å². The van der Waals surface area contributed by atoms with Crippen LogP contribution >= 0.6 is 0 Å². The maximum atomic E-state index is 6.06. The van der Waals surface area contributed by atoms with Crippen LogP contribution in [0.15, 0.2) is 24.3 Å². The summed E-state index contributed by atoms with van der Waals surface area (Å²) in [5.41, 5.74) is 8.53. The van der Waals surface area contributed by atoms with E-state index in [0.717, 1.165) is 19.7 Å². The smallest absolute Gasteiger partial charge is 0.0750 e. The first-order valence-electron chi connectivity index (χ1n) is 6.93. The molecule has 1 saturated heterocycles. The molecule has 0 saturated carbocycles. The molecule has 0 aromatic heterocycles. The average molecular weight is 248 g/mol. The van der Waals surface area contributed by atoms with E-state index in [2.05, 4.69) is 36.1 Å². The fourth-order valence-corrected chi connectivity index (χ4v) is 2.59. The van der Waals surface area contributed by atoms with E-state index in [4.69, 9.17) is 10.5 Å². The lowest BCUT2D eigenvalue weighted by atomic mass is 10.1. The third-order valence-electron chi connectivity index (χ3n) is 3.60. The highest BCUT2D eigenvalue weighted by Gasteiger charge is 2.20. The predicted molar refractivity (Wildman–Crippen MR) is 75.9 cm³/mol. The van der Waals surface area contributed by atoms with Gasteiger partial charge >= 0.3 is 0 Å². The maximum absolute atomic E-state index is 6.06. The minimum absolute atomic E-state index is 0.0692. The Kier molecular flexibility index (Phi) is 4.61. The molecule has 0 spiro atoms. The lowest BCUT2D eigenvalue weighted by Gasteiger charge is -2.29. The van der Waals surface area contributed by atoms with Crippen LogP contribution in [0.3, 0.4) is 0 Å². The minimum atomic E-state index is 0.0692. The number of likely N-dealkylation sites (N-methyl/N-ethyl adjacent to an activating group) is 1. The fourth-order valence-electron chi connectivity index (χ4n) is 2.59. The van der Waals surface area contributed by atoms with E-state index in [-0.39, 0.29) is 6.04 Å². The lowest BCUT2D eigenvalue weighted by molar-refractivity contribution is 0.115. The van der Waals surface area contributed by atoms with Crippen molar-refractivity contribution in [1.82, 2.24) is 0 Å². The average Bonchev–Trinajstić information content (AvgIpc) is 2.88. The van der Waals surface area contributed by atoms with Gasteiger partial charge in [-0.3, -0.25) is 0 Å². The van der Waals surface area contributed by atoms with E-state index < -0.39 is 0 Å². The number of rotatable bonds is 5. The number of benzene rings is 1. The molecular formula is C15H24N2O. The van der Waals surface area contributed by atoms with Crippen molar-refractivity contribution in [2.75, 3.05) is 24.6 Å². The van der Waals surface area contributed by atoms with Crippen molar-refractivity contribution < 1.29 is 4.74 Å². The largest absolute Gasteiger partial charge is 0.376 e. The third-order valence-corrected chi connectivity index (χ3v) is 3.60. The van der Waals surface area contributed by atoms with Crippen molar-refractivity contribution >= 4 is 5.69 Å². The van der Waals surface area contributed by atoms with Gasteiger partial charge in [0.15, 0.2) is 0 Å². The van der Waals surface area contributed by atoms with Crippen molar-refractivity contribution in [2.45, 2.75) is 38.8 Å². The van der Waals surface area contributed by atoms with Crippen LogP contribution in [-0.2, 0) is 4.74 Å². The van der Waals surface area contributed by atoms with Gasteiger partial charge in [-0.15, -0.1) is 0 Å². The Hall–Kier alpha value is -1.06. The van der Waals surface area contributed by atoms with Gasteiger partial charge in [-0.2, -0.15) is 0 Å². The van der Waals surface area contributed by atoms with Crippen LogP contribution in [0.4, 0.5) is 5.69 Å². The number of hydrogen-bond acceptors (Lipinski definition) is 3.